The standard InChI is InChI=1S/C22H24ClN5O2S2/c23-16-10-8-15(9-11-16)21(30)26-25-20(29)14-32-22-27-24-19(13-18-7-4-12-31-18)28(22)17-5-2-1-3-6-17/h4,7-12,17H,1-3,5-6,13-14H2,(H,25,29)(H,26,30). The van der Waals surface area contributed by atoms with Crippen LogP contribution in [0.1, 0.15) is 59.2 Å². The Kier molecular flexibility index (Phi) is 7.83. The van der Waals surface area contributed by atoms with Crippen LogP contribution in [0.15, 0.2) is 46.9 Å². The van der Waals surface area contributed by atoms with Crippen LogP contribution >= 0.6 is 34.7 Å². The van der Waals surface area contributed by atoms with E-state index in [9.17, 15) is 9.59 Å². The summed E-state index contributed by atoms with van der Waals surface area (Å²) in [5, 5.41) is 12.2. The first-order valence-electron chi connectivity index (χ1n) is 10.5. The van der Waals surface area contributed by atoms with E-state index in [1.54, 1.807) is 35.6 Å². The molecule has 7 nitrogen and oxygen atoms in total. The van der Waals surface area contributed by atoms with E-state index >= 15 is 0 Å². The lowest BCUT2D eigenvalue weighted by atomic mass is 9.95. The van der Waals surface area contributed by atoms with Crippen molar-refractivity contribution < 1.29 is 9.59 Å². The number of aromatic nitrogens is 3. The third-order valence-corrected chi connectivity index (χ3v) is 7.41. The summed E-state index contributed by atoms with van der Waals surface area (Å²) in [6.45, 7) is 0. The normalized spacial score (nSPS) is 14.3. The minimum Gasteiger partial charge on any atom is -0.303 e. The van der Waals surface area contributed by atoms with Gasteiger partial charge in [0, 0.05) is 27.9 Å². The van der Waals surface area contributed by atoms with Crippen LogP contribution in [0.25, 0.3) is 0 Å². The van der Waals surface area contributed by atoms with Gasteiger partial charge in [0.05, 0.1) is 5.75 Å². The Balaban J connectivity index is 1.37. The predicted molar refractivity (Wildman–Crippen MR) is 127 cm³/mol. The number of hydrogen-bond donors (Lipinski definition) is 2. The highest BCUT2D eigenvalue weighted by atomic mass is 35.5. The van der Waals surface area contributed by atoms with Gasteiger partial charge in [-0.25, -0.2) is 0 Å². The Morgan fingerprint density at radius 3 is 2.59 bits per heavy atom. The third-order valence-electron chi connectivity index (χ3n) is 5.34. The van der Waals surface area contributed by atoms with Crippen LogP contribution in [0.3, 0.4) is 0 Å². The Bertz CT molecular complexity index is 1050. The number of thiophene rings is 1. The van der Waals surface area contributed by atoms with Gasteiger partial charge in [-0.05, 0) is 48.6 Å². The maximum Gasteiger partial charge on any atom is 0.269 e. The lowest BCUT2D eigenvalue weighted by Crippen LogP contribution is -2.42. The van der Waals surface area contributed by atoms with E-state index in [-0.39, 0.29) is 11.7 Å². The molecule has 1 fully saturated rings. The summed E-state index contributed by atoms with van der Waals surface area (Å²) < 4.78 is 2.23. The van der Waals surface area contributed by atoms with Gasteiger partial charge in [0.1, 0.15) is 5.82 Å². The fraction of sp³-hybridized carbons (Fsp3) is 0.364. The van der Waals surface area contributed by atoms with Crippen LogP contribution in [-0.4, -0.2) is 32.3 Å². The molecule has 3 aromatic rings. The van der Waals surface area contributed by atoms with Crippen LogP contribution < -0.4 is 10.9 Å². The fourth-order valence-electron chi connectivity index (χ4n) is 3.77. The molecule has 2 amide bonds. The summed E-state index contributed by atoms with van der Waals surface area (Å²) >= 11 is 8.89. The lowest BCUT2D eigenvalue weighted by Gasteiger charge is -2.25. The minimum atomic E-state index is -0.399. The second-order valence-corrected chi connectivity index (χ2v) is 10.0. The molecule has 4 rings (SSSR count). The number of rotatable bonds is 7. The van der Waals surface area contributed by atoms with E-state index in [0.717, 1.165) is 30.2 Å². The molecule has 0 saturated heterocycles. The van der Waals surface area contributed by atoms with Gasteiger partial charge in [-0.1, -0.05) is 48.7 Å². The Hall–Kier alpha value is -2.36. The molecule has 0 aliphatic heterocycles. The quantitative estimate of drug-likeness (QED) is 0.372. The number of carbonyl (C=O) groups excluding carboxylic acids is 2. The van der Waals surface area contributed by atoms with Crippen LogP contribution in [0, 0.1) is 0 Å². The average molecular weight is 490 g/mol. The van der Waals surface area contributed by atoms with Gasteiger partial charge in [0.25, 0.3) is 5.91 Å². The van der Waals surface area contributed by atoms with E-state index in [0.29, 0.717) is 16.6 Å². The van der Waals surface area contributed by atoms with Crippen molar-refractivity contribution in [3.8, 4) is 0 Å². The summed E-state index contributed by atoms with van der Waals surface area (Å²) in [5.74, 6) is 0.363. The molecular weight excluding hydrogens is 466 g/mol. The van der Waals surface area contributed by atoms with Crippen LogP contribution in [0.2, 0.25) is 5.02 Å². The molecule has 1 saturated carbocycles. The first-order valence-corrected chi connectivity index (χ1v) is 12.8. The number of nitrogens with zero attached hydrogens (tertiary/aromatic N) is 3. The molecule has 1 aliphatic rings. The van der Waals surface area contributed by atoms with Gasteiger partial charge in [0.2, 0.25) is 5.91 Å². The zero-order chi connectivity index (χ0) is 22.3. The van der Waals surface area contributed by atoms with E-state index in [1.807, 2.05) is 6.07 Å². The van der Waals surface area contributed by atoms with Crippen LogP contribution in [-0.2, 0) is 11.2 Å². The predicted octanol–water partition coefficient (Wildman–Crippen LogP) is 4.64. The number of amides is 2. The van der Waals surface area contributed by atoms with Crippen LogP contribution in [0.4, 0.5) is 0 Å². The van der Waals surface area contributed by atoms with Gasteiger partial charge >= 0.3 is 0 Å². The Labute approximate surface area is 199 Å². The molecule has 0 atom stereocenters. The van der Waals surface area contributed by atoms with Crippen molar-refractivity contribution in [2.24, 2.45) is 0 Å². The molecule has 2 heterocycles. The maximum absolute atomic E-state index is 12.3. The lowest BCUT2D eigenvalue weighted by molar-refractivity contribution is -0.119. The highest BCUT2D eigenvalue weighted by molar-refractivity contribution is 7.99. The minimum absolute atomic E-state index is 0.130. The molecule has 1 aliphatic carbocycles. The smallest absolute Gasteiger partial charge is 0.269 e. The van der Waals surface area contributed by atoms with Gasteiger partial charge in [-0.3, -0.25) is 20.4 Å². The van der Waals surface area contributed by atoms with E-state index < -0.39 is 5.91 Å². The van der Waals surface area contributed by atoms with Crippen molar-refractivity contribution in [2.75, 3.05) is 5.75 Å². The van der Waals surface area contributed by atoms with Gasteiger partial charge in [-0.15, -0.1) is 21.5 Å². The molecule has 168 valence electrons. The molecule has 2 N–H and O–H groups in total. The van der Waals surface area contributed by atoms with Crippen molar-refractivity contribution in [2.45, 2.75) is 49.7 Å². The molecule has 2 aromatic heterocycles. The first-order chi connectivity index (χ1) is 15.6. The topological polar surface area (TPSA) is 88.9 Å². The summed E-state index contributed by atoms with van der Waals surface area (Å²) in [7, 11) is 0. The second kappa shape index (κ2) is 11.0. The van der Waals surface area contributed by atoms with E-state index in [4.69, 9.17) is 11.6 Å². The van der Waals surface area contributed by atoms with Crippen molar-refractivity contribution in [3.63, 3.8) is 0 Å². The molecule has 10 heteroatoms. The van der Waals surface area contributed by atoms with Crippen LogP contribution in [0.5, 0.6) is 0 Å². The van der Waals surface area contributed by atoms with Crippen molar-refractivity contribution >= 4 is 46.5 Å². The fourth-order valence-corrected chi connectivity index (χ4v) is 5.42. The summed E-state index contributed by atoms with van der Waals surface area (Å²) in [6.07, 6.45) is 6.60. The number of hydrogen-bond acceptors (Lipinski definition) is 6. The van der Waals surface area contributed by atoms with Crippen molar-refractivity contribution in [1.29, 1.82) is 0 Å². The molecular formula is C22H24ClN5O2S2. The first kappa shape index (κ1) is 22.8. The molecule has 32 heavy (non-hydrogen) atoms. The molecule has 0 bridgehead atoms. The highest BCUT2D eigenvalue weighted by Gasteiger charge is 2.24. The Morgan fingerprint density at radius 2 is 1.88 bits per heavy atom. The molecule has 0 radical (unpaired) electrons. The van der Waals surface area contributed by atoms with Gasteiger partial charge < -0.3 is 4.57 Å². The summed E-state index contributed by atoms with van der Waals surface area (Å²) in [5.41, 5.74) is 5.31. The van der Waals surface area contributed by atoms with E-state index in [1.165, 1.54) is 35.9 Å². The Morgan fingerprint density at radius 1 is 1.09 bits per heavy atom. The number of thioether (sulfide) groups is 1. The SMILES string of the molecule is O=C(CSc1nnc(Cc2cccs2)n1C1CCCCC1)NNC(=O)c1ccc(Cl)cc1. The highest BCUT2D eigenvalue weighted by Crippen LogP contribution is 2.33. The second-order valence-electron chi connectivity index (χ2n) is 7.61. The molecule has 0 unspecified atom stereocenters. The van der Waals surface area contributed by atoms with Gasteiger partial charge in [-0.2, -0.15) is 0 Å². The number of hydrazine groups is 1. The van der Waals surface area contributed by atoms with Crippen molar-refractivity contribution in [3.05, 3.63) is 63.1 Å². The number of nitrogens with one attached hydrogen (secondary N) is 2. The number of benzene rings is 1. The average Bonchev–Trinajstić information content (AvgIpc) is 3.47. The van der Waals surface area contributed by atoms with Crippen molar-refractivity contribution in [1.82, 2.24) is 25.6 Å². The molecule has 0 spiro atoms. The zero-order valence-electron chi connectivity index (χ0n) is 17.4. The third kappa shape index (κ3) is 5.90. The number of carbonyl (C=O) groups is 2. The summed E-state index contributed by atoms with van der Waals surface area (Å²) in [4.78, 5) is 25.7. The van der Waals surface area contributed by atoms with E-state index in [2.05, 4.69) is 37.1 Å². The molecule has 1 aromatic carbocycles. The summed E-state index contributed by atoms with van der Waals surface area (Å²) in [6, 6.07) is 11.0. The zero-order valence-corrected chi connectivity index (χ0v) is 19.8. The largest absolute Gasteiger partial charge is 0.303 e. The maximum atomic E-state index is 12.3. The van der Waals surface area contributed by atoms with Gasteiger partial charge in [0.15, 0.2) is 5.16 Å². The monoisotopic (exact) mass is 489 g/mol. The number of halogens is 1.